The van der Waals surface area contributed by atoms with Gasteiger partial charge in [-0.1, -0.05) is 17.7 Å². The minimum absolute atomic E-state index is 0.0547. The van der Waals surface area contributed by atoms with Crippen molar-refractivity contribution in [3.63, 3.8) is 0 Å². The first-order valence-corrected chi connectivity index (χ1v) is 7.57. The van der Waals surface area contributed by atoms with Crippen LogP contribution in [0.25, 0.3) is 5.69 Å². The summed E-state index contributed by atoms with van der Waals surface area (Å²) in [5.74, 6) is 0. The Kier molecular flexibility index (Phi) is 4.44. The molecular formula is C16H12ClN5O3. The maximum atomic E-state index is 12.5. The molecule has 0 fully saturated rings. The number of nitro benzene ring substituents is 1. The second kappa shape index (κ2) is 6.70. The molecule has 0 bridgehead atoms. The lowest BCUT2D eigenvalue weighted by Gasteiger charge is -2.00. The number of aryl methyl sites for hydroxylation is 1. The molecule has 1 heterocycles. The van der Waals surface area contributed by atoms with E-state index in [4.69, 9.17) is 11.6 Å². The second-order valence-corrected chi connectivity index (χ2v) is 5.62. The highest BCUT2D eigenvalue weighted by Crippen LogP contribution is 2.22. The predicted molar refractivity (Wildman–Crippen MR) is 93.4 cm³/mol. The summed E-state index contributed by atoms with van der Waals surface area (Å²) in [6.45, 7) is 1.69. The van der Waals surface area contributed by atoms with Gasteiger partial charge in [0.1, 0.15) is 0 Å². The van der Waals surface area contributed by atoms with Gasteiger partial charge >= 0.3 is 0 Å². The Balaban J connectivity index is 1.96. The molecule has 1 N–H and O–H groups in total. The van der Waals surface area contributed by atoms with Crippen molar-refractivity contribution < 1.29 is 4.92 Å². The summed E-state index contributed by atoms with van der Waals surface area (Å²) in [6.07, 6.45) is 0. The van der Waals surface area contributed by atoms with Gasteiger partial charge in [-0.15, -0.1) is 5.11 Å². The number of benzene rings is 2. The molecule has 0 amide bonds. The topological polar surface area (TPSA) is 106 Å². The molecule has 0 saturated carbocycles. The number of rotatable bonds is 4. The number of aromatic nitrogens is 2. The van der Waals surface area contributed by atoms with Crippen LogP contribution in [0.3, 0.4) is 0 Å². The number of nitrogens with one attached hydrogen (secondary N) is 1. The van der Waals surface area contributed by atoms with E-state index in [1.54, 1.807) is 31.2 Å². The number of nitrogens with zero attached hydrogens (tertiary/aromatic N) is 4. The van der Waals surface area contributed by atoms with Crippen LogP contribution in [-0.4, -0.2) is 14.7 Å². The van der Waals surface area contributed by atoms with Gasteiger partial charge in [-0.25, -0.2) is 4.68 Å². The highest BCUT2D eigenvalue weighted by molar-refractivity contribution is 6.30. The van der Waals surface area contributed by atoms with Crippen molar-refractivity contribution in [3.8, 4) is 5.69 Å². The molecule has 25 heavy (non-hydrogen) atoms. The average molecular weight is 358 g/mol. The van der Waals surface area contributed by atoms with Crippen LogP contribution in [0.5, 0.6) is 0 Å². The number of hydrogen-bond acceptors (Lipinski definition) is 5. The number of halogens is 1. The van der Waals surface area contributed by atoms with E-state index < -0.39 is 10.5 Å². The first-order chi connectivity index (χ1) is 12.0. The Morgan fingerprint density at radius 2 is 1.88 bits per heavy atom. The predicted octanol–water partition coefficient (Wildman–Crippen LogP) is 4.45. The fraction of sp³-hybridized carbons (Fsp3) is 0.0625. The molecule has 0 aliphatic rings. The zero-order valence-corrected chi connectivity index (χ0v) is 13.8. The highest BCUT2D eigenvalue weighted by atomic mass is 35.5. The Labute approximate surface area is 146 Å². The minimum Gasteiger partial charge on any atom is -0.293 e. The van der Waals surface area contributed by atoms with Crippen LogP contribution in [0.15, 0.2) is 63.6 Å². The summed E-state index contributed by atoms with van der Waals surface area (Å²) in [4.78, 5) is 22.7. The van der Waals surface area contributed by atoms with Crippen molar-refractivity contribution in [1.29, 1.82) is 0 Å². The quantitative estimate of drug-likeness (QED) is 0.423. The fourth-order valence-electron chi connectivity index (χ4n) is 2.21. The highest BCUT2D eigenvalue weighted by Gasteiger charge is 2.13. The molecule has 0 radical (unpaired) electrons. The number of nitro groups is 1. The van der Waals surface area contributed by atoms with Crippen LogP contribution >= 0.6 is 11.6 Å². The Morgan fingerprint density at radius 3 is 2.52 bits per heavy atom. The zero-order chi connectivity index (χ0) is 18.0. The van der Waals surface area contributed by atoms with Gasteiger partial charge < -0.3 is 0 Å². The van der Waals surface area contributed by atoms with Crippen molar-refractivity contribution in [2.75, 3.05) is 0 Å². The number of azo groups is 1. The average Bonchev–Trinajstić information content (AvgIpc) is 2.87. The summed E-state index contributed by atoms with van der Waals surface area (Å²) in [5.41, 5.74) is 1.20. The van der Waals surface area contributed by atoms with E-state index in [0.29, 0.717) is 22.1 Å². The van der Waals surface area contributed by atoms with E-state index in [1.807, 2.05) is 0 Å². The Hall–Kier alpha value is -3.26. The normalized spacial score (nSPS) is 11.1. The summed E-state index contributed by atoms with van der Waals surface area (Å²) >= 11 is 5.89. The van der Waals surface area contributed by atoms with Crippen molar-refractivity contribution in [1.82, 2.24) is 9.78 Å². The van der Waals surface area contributed by atoms with Gasteiger partial charge in [0.25, 0.3) is 11.2 Å². The molecule has 0 aliphatic carbocycles. The van der Waals surface area contributed by atoms with Gasteiger partial charge in [-0.05, 0) is 37.3 Å². The summed E-state index contributed by atoms with van der Waals surface area (Å²) in [6, 6.07) is 12.4. The lowest BCUT2D eigenvalue weighted by Crippen LogP contribution is -2.13. The van der Waals surface area contributed by atoms with Gasteiger partial charge in [-0.3, -0.25) is 20.0 Å². The summed E-state index contributed by atoms with van der Waals surface area (Å²) < 4.78 is 1.26. The maximum absolute atomic E-state index is 12.5. The summed E-state index contributed by atoms with van der Waals surface area (Å²) in [5, 5.41) is 22.1. The standard InChI is InChI=1S/C16H12ClN5O3/c1-10-15(19-18-12-4-2-3-11(17)9-12)16(23)21(20-10)13-5-7-14(8-6-13)22(24)25/h2-9,20H,1H3. The molecule has 8 nitrogen and oxygen atoms in total. The first kappa shape index (κ1) is 16.6. The smallest absolute Gasteiger partial charge is 0.293 e. The monoisotopic (exact) mass is 357 g/mol. The van der Waals surface area contributed by atoms with E-state index in [9.17, 15) is 14.9 Å². The first-order valence-electron chi connectivity index (χ1n) is 7.19. The molecular weight excluding hydrogens is 346 g/mol. The fourth-order valence-corrected chi connectivity index (χ4v) is 2.39. The molecule has 126 valence electrons. The van der Waals surface area contributed by atoms with Crippen LogP contribution in [0, 0.1) is 17.0 Å². The third-order valence-electron chi connectivity index (χ3n) is 3.43. The molecule has 2 aromatic carbocycles. The van der Waals surface area contributed by atoms with E-state index in [2.05, 4.69) is 15.3 Å². The van der Waals surface area contributed by atoms with E-state index in [0.717, 1.165) is 0 Å². The maximum Gasteiger partial charge on any atom is 0.299 e. The molecule has 9 heteroatoms. The van der Waals surface area contributed by atoms with Gasteiger partial charge in [0.05, 0.1) is 22.0 Å². The van der Waals surface area contributed by atoms with Crippen molar-refractivity contribution >= 4 is 28.7 Å². The van der Waals surface area contributed by atoms with Crippen LogP contribution in [0.1, 0.15) is 5.69 Å². The van der Waals surface area contributed by atoms with Crippen molar-refractivity contribution in [3.05, 3.63) is 79.7 Å². The molecule has 0 aliphatic heterocycles. The third-order valence-corrected chi connectivity index (χ3v) is 3.67. The number of H-pyrrole nitrogens is 1. The van der Waals surface area contributed by atoms with Crippen molar-refractivity contribution in [2.45, 2.75) is 6.92 Å². The van der Waals surface area contributed by atoms with Gasteiger partial charge in [0, 0.05) is 17.2 Å². The molecule has 0 saturated heterocycles. The molecule has 0 atom stereocenters. The third kappa shape index (κ3) is 3.48. The van der Waals surface area contributed by atoms with Crippen LogP contribution in [0.2, 0.25) is 5.02 Å². The zero-order valence-electron chi connectivity index (χ0n) is 13.0. The second-order valence-electron chi connectivity index (χ2n) is 5.18. The summed E-state index contributed by atoms with van der Waals surface area (Å²) in [7, 11) is 0. The molecule has 0 spiro atoms. The molecule has 1 aromatic heterocycles. The Bertz CT molecular complexity index is 1020. The van der Waals surface area contributed by atoms with Crippen LogP contribution in [-0.2, 0) is 0 Å². The van der Waals surface area contributed by atoms with E-state index >= 15 is 0 Å². The molecule has 3 rings (SSSR count). The van der Waals surface area contributed by atoms with Crippen molar-refractivity contribution in [2.24, 2.45) is 10.2 Å². The number of non-ortho nitro benzene ring substituents is 1. The van der Waals surface area contributed by atoms with E-state index in [1.165, 1.54) is 28.9 Å². The van der Waals surface area contributed by atoms with Gasteiger partial charge in [0.2, 0.25) is 0 Å². The Morgan fingerprint density at radius 1 is 1.16 bits per heavy atom. The SMILES string of the molecule is Cc1[nH]n(-c2ccc([N+](=O)[O-])cc2)c(=O)c1N=Nc1cccc(Cl)c1. The number of hydrogen-bond donors (Lipinski definition) is 1. The van der Waals surface area contributed by atoms with Crippen LogP contribution < -0.4 is 5.56 Å². The number of aromatic amines is 1. The van der Waals surface area contributed by atoms with Crippen LogP contribution in [0.4, 0.5) is 17.1 Å². The lowest BCUT2D eigenvalue weighted by molar-refractivity contribution is -0.384. The largest absolute Gasteiger partial charge is 0.299 e. The lowest BCUT2D eigenvalue weighted by atomic mass is 10.3. The molecule has 3 aromatic rings. The molecule has 0 unspecified atom stereocenters. The van der Waals surface area contributed by atoms with Gasteiger partial charge in [0.15, 0.2) is 5.69 Å². The van der Waals surface area contributed by atoms with Gasteiger partial charge in [-0.2, -0.15) is 5.11 Å². The minimum atomic E-state index is -0.503. The van der Waals surface area contributed by atoms with E-state index in [-0.39, 0.29) is 11.4 Å².